The Balaban J connectivity index is 1.76. The first-order chi connectivity index (χ1) is 13.1. The van der Waals surface area contributed by atoms with Crippen molar-refractivity contribution in [1.29, 1.82) is 0 Å². The molecule has 0 aliphatic carbocycles. The van der Waals surface area contributed by atoms with E-state index in [9.17, 15) is 21.6 Å². The molecular weight excluding hydrogens is 438 g/mol. The average molecular weight is 454 g/mol. The fraction of sp³-hybridized carbons (Fsp3) is 0.353. The predicted molar refractivity (Wildman–Crippen MR) is 101 cm³/mol. The number of anilines is 1. The van der Waals surface area contributed by atoms with E-state index in [1.165, 1.54) is 28.6 Å². The molecule has 0 unspecified atom stereocenters. The van der Waals surface area contributed by atoms with Gasteiger partial charge in [0.1, 0.15) is 5.82 Å². The van der Waals surface area contributed by atoms with E-state index in [1.54, 1.807) is 4.90 Å². The molecule has 1 saturated heterocycles. The third kappa shape index (κ3) is 4.71. The van der Waals surface area contributed by atoms with Crippen LogP contribution in [0.4, 0.5) is 19.0 Å². The largest absolute Gasteiger partial charge is 0.417 e. The molecule has 3 rings (SSSR count). The zero-order valence-electron chi connectivity index (χ0n) is 14.5. The van der Waals surface area contributed by atoms with Crippen molar-refractivity contribution in [2.45, 2.75) is 17.5 Å². The number of sulfonamides is 1. The Morgan fingerprint density at radius 1 is 0.964 bits per heavy atom. The molecule has 1 aliphatic rings. The SMILES string of the molecule is O=S(=O)(c1cc(Cl)cc(Cl)c1)N1CCCN(c2ccc(C(F)(F)F)cn2)CC1. The van der Waals surface area contributed by atoms with Crippen molar-refractivity contribution in [3.8, 4) is 0 Å². The van der Waals surface area contributed by atoms with Gasteiger partial charge >= 0.3 is 6.18 Å². The van der Waals surface area contributed by atoms with Gasteiger partial charge in [-0.3, -0.25) is 0 Å². The van der Waals surface area contributed by atoms with Crippen LogP contribution in [0.3, 0.4) is 0 Å². The second-order valence-electron chi connectivity index (χ2n) is 6.25. The summed E-state index contributed by atoms with van der Waals surface area (Å²) in [5.41, 5.74) is -0.826. The first kappa shape index (κ1) is 21.2. The molecule has 0 saturated carbocycles. The molecule has 2 aromatic rings. The molecule has 1 aromatic heterocycles. The lowest BCUT2D eigenvalue weighted by Crippen LogP contribution is -2.35. The van der Waals surface area contributed by atoms with Crippen molar-refractivity contribution in [3.05, 3.63) is 52.1 Å². The molecule has 0 bridgehead atoms. The van der Waals surface area contributed by atoms with Crippen LogP contribution in [0.25, 0.3) is 0 Å². The predicted octanol–water partition coefficient (Wildman–Crippen LogP) is 4.31. The Labute approximate surface area is 170 Å². The van der Waals surface area contributed by atoms with Crippen LogP contribution >= 0.6 is 23.2 Å². The van der Waals surface area contributed by atoms with E-state index in [1.807, 2.05) is 0 Å². The Hall–Kier alpha value is -1.55. The number of nitrogens with zero attached hydrogens (tertiary/aromatic N) is 3. The van der Waals surface area contributed by atoms with Gasteiger partial charge in [-0.25, -0.2) is 13.4 Å². The normalized spacial score (nSPS) is 16.8. The highest BCUT2D eigenvalue weighted by molar-refractivity contribution is 7.89. The maximum absolute atomic E-state index is 12.9. The van der Waals surface area contributed by atoms with Crippen LogP contribution in [0.1, 0.15) is 12.0 Å². The van der Waals surface area contributed by atoms with Gasteiger partial charge in [0, 0.05) is 42.4 Å². The maximum atomic E-state index is 12.9. The van der Waals surface area contributed by atoms with Gasteiger partial charge in [-0.2, -0.15) is 17.5 Å². The number of hydrogen-bond donors (Lipinski definition) is 0. The van der Waals surface area contributed by atoms with E-state index in [0.717, 1.165) is 12.3 Å². The standard InChI is InChI=1S/C17H16Cl2F3N3O2S/c18-13-8-14(19)10-15(9-13)28(26,27)25-5-1-4-24(6-7-25)16-3-2-12(11-23-16)17(20,21)22/h2-3,8-11H,1,4-7H2. The molecule has 11 heteroatoms. The molecule has 1 aliphatic heterocycles. The van der Waals surface area contributed by atoms with Gasteiger partial charge in [-0.1, -0.05) is 23.2 Å². The van der Waals surface area contributed by atoms with E-state index in [0.29, 0.717) is 25.3 Å². The lowest BCUT2D eigenvalue weighted by molar-refractivity contribution is -0.137. The van der Waals surface area contributed by atoms with Crippen LogP contribution in [0.2, 0.25) is 10.0 Å². The van der Waals surface area contributed by atoms with Crippen molar-refractivity contribution in [2.75, 3.05) is 31.1 Å². The molecule has 1 fully saturated rings. The van der Waals surface area contributed by atoms with Gasteiger partial charge in [0.25, 0.3) is 0 Å². The Kier molecular flexibility index (Phi) is 6.09. The minimum absolute atomic E-state index is 0.00565. The average Bonchev–Trinajstić information content (AvgIpc) is 2.87. The summed E-state index contributed by atoms with van der Waals surface area (Å²) in [6.45, 7) is 1.20. The van der Waals surface area contributed by atoms with Crippen LogP contribution in [0, 0.1) is 0 Å². The van der Waals surface area contributed by atoms with Crippen molar-refractivity contribution in [3.63, 3.8) is 0 Å². The fourth-order valence-corrected chi connectivity index (χ4v) is 5.13. The molecular formula is C17H16Cl2F3N3O2S. The number of hydrogen-bond acceptors (Lipinski definition) is 4. The van der Waals surface area contributed by atoms with Crippen LogP contribution in [0.5, 0.6) is 0 Å². The quantitative estimate of drug-likeness (QED) is 0.694. The number of pyridine rings is 1. The number of aromatic nitrogens is 1. The number of rotatable bonds is 3. The topological polar surface area (TPSA) is 53.5 Å². The summed E-state index contributed by atoms with van der Waals surface area (Å²) in [5.74, 6) is 0.373. The Morgan fingerprint density at radius 2 is 1.64 bits per heavy atom. The highest BCUT2D eigenvalue weighted by Gasteiger charge is 2.31. The van der Waals surface area contributed by atoms with Gasteiger partial charge in [-0.05, 0) is 36.8 Å². The van der Waals surface area contributed by atoms with Crippen LogP contribution in [-0.4, -0.2) is 43.9 Å². The summed E-state index contributed by atoms with van der Waals surface area (Å²) >= 11 is 11.8. The second-order valence-corrected chi connectivity index (χ2v) is 9.06. The zero-order valence-corrected chi connectivity index (χ0v) is 16.8. The lowest BCUT2D eigenvalue weighted by Gasteiger charge is -2.23. The summed E-state index contributed by atoms with van der Waals surface area (Å²) in [7, 11) is -3.79. The van der Waals surface area contributed by atoms with Crippen LogP contribution in [-0.2, 0) is 16.2 Å². The molecule has 0 atom stereocenters. The molecule has 28 heavy (non-hydrogen) atoms. The van der Waals surface area contributed by atoms with Crippen molar-refractivity contribution in [2.24, 2.45) is 0 Å². The summed E-state index contributed by atoms with van der Waals surface area (Å²) in [6, 6.07) is 6.38. The molecule has 0 spiro atoms. The minimum atomic E-state index is -4.45. The third-order valence-electron chi connectivity index (χ3n) is 4.33. The van der Waals surface area contributed by atoms with Gasteiger partial charge in [-0.15, -0.1) is 0 Å². The summed E-state index contributed by atoms with van der Waals surface area (Å²) < 4.78 is 65.1. The lowest BCUT2D eigenvalue weighted by atomic mass is 10.2. The summed E-state index contributed by atoms with van der Waals surface area (Å²) in [4.78, 5) is 5.65. The number of alkyl halides is 3. The molecule has 0 N–H and O–H groups in total. The first-order valence-corrected chi connectivity index (χ1v) is 10.5. The molecule has 5 nitrogen and oxygen atoms in total. The smallest absolute Gasteiger partial charge is 0.355 e. The Bertz CT molecular complexity index is 933. The molecule has 1 aromatic carbocycles. The van der Waals surface area contributed by atoms with Gasteiger partial charge < -0.3 is 4.90 Å². The van der Waals surface area contributed by atoms with Crippen LogP contribution in [0.15, 0.2) is 41.4 Å². The van der Waals surface area contributed by atoms with E-state index >= 15 is 0 Å². The third-order valence-corrected chi connectivity index (χ3v) is 6.64. The van der Waals surface area contributed by atoms with Crippen molar-refractivity contribution < 1.29 is 21.6 Å². The van der Waals surface area contributed by atoms with Crippen LogP contribution < -0.4 is 4.90 Å². The van der Waals surface area contributed by atoms with E-state index in [-0.39, 0.29) is 28.0 Å². The van der Waals surface area contributed by atoms with E-state index in [4.69, 9.17) is 23.2 Å². The Morgan fingerprint density at radius 3 is 2.21 bits per heavy atom. The summed E-state index contributed by atoms with van der Waals surface area (Å²) in [5, 5.41) is 0.438. The molecule has 0 radical (unpaired) electrons. The molecule has 2 heterocycles. The van der Waals surface area contributed by atoms with Gasteiger partial charge in [0.05, 0.1) is 10.5 Å². The van der Waals surface area contributed by atoms with Crippen molar-refractivity contribution >= 4 is 39.0 Å². The fourth-order valence-electron chi connectivity index (χ4n) is 2.93. The van der Waals surface area contributed by atoms with E-state index < -0.39 is 21.8 Å². The second kappa shape index (κ2) is 8.06. The maximum Gasteiger partial charge on any atom is 0.417 e. The summed E-state index contributed by atoms with van der Waals surface area (Å²) in [6.07, 6.45) is -3.17. The van der Waals surface area contributed by atoms with Gasteiger partial charge in [0.2, 0.25) is 10.0 Å². The highest BCUT2D eigenvalue weighted by Crippen LogP contribution is 2.30. The van der Waals surface area contributed by atoms with Crippen molar-refractivity contribution in [1.82, 2.24) is 9.29 Å². The molecule has 152 valence electrons. The first-order valence-electron chi connectivity index (χ1n) is 8.32. The highest BCUT2D eigenvalue weighted by atomic mass is 35.5. The molecule has 0 amide bonds. The monoisotopic (exact) mass is 453 g/mol. The van der Waals surface area contributed by atoms with E-state index in [2.05, 4.69) is 4.98 Å². The number of halogens is 5. The van der Waals surface area contributed by atoms with Gasteiger partial charge in [0.15, 0.2) is 0 Å². The minimum Gasteiger partial charge on any atom is -0.355 e. The number of benzene rings is 1. The zero-order chi connectivity index (χ0) is 20.5.